The summed E-state index contributed by atoms with van der Waals surface area (Å²) in [6.07, 6.45) is -1.92. The molecule has 20 heteroatoms. The fourth-order valence-electron chi connectivity index (χ4n) is 4.56. The van der Waals surface area contributed by atoms with E-state index in [1.54, 1.807) is 6.92 Å². The molecule has 7 N–H and O–H groups in total. The van der Waals surface area contributed by atoms with Gasteiger partial charge in [0.2, 0.25) is 11.3 Å². The van der Waals surface area contributed by atoms with Gasteiger partial charge in [-0.05, 0) is 37.1 Å². The number of pyridine rings is 2. The van der Waals surface area contributed by atoms with Crippen molar-refractivity contribution in [1.29, 1.82) is 0 Å². The summed E-state index contributed by atoms with van der Waals surface area (Å²) in [7, 11) is -2.55. The SMILES string of the molecule is CCNC(=O)Nc1cc(-c2nc(C(F)(F)F)cs2)c(-c2ccc3c(=O)c(C(=O)NCCCOP(O)O)cn(CC(N)=NC(C)=O)c3c2)cn1. The van der Waals surface area contributed by atoms with Crippen LogP contribution in [0, 0.1) is 0 Å². The van der Waals surface area contributed by atoms with E-state index in [4.69, 9.17) is 15.5 Å². The summed E-state index contributed by atoms with van der Waals surface area (Å²) < 4.78 is 46.5. The molecule has 0 saturated carbocycles. The largest absolute Gasteiger partial charge is 0.434 e. The van der Waals surface area contributed by atoms with Gasteiger partial charge in [0.15, 0.2) is 5.69 Å². The number of fused-ring (bicyclic) bond motifs is 1. The average Bonchev–Trinajstić information content (AvgIpc) is 3.53. The molecule has 0 radical (unpaired) electrons. The van der Waals surface area contributed by atoms with Crippen molar-refractivity contribution in [2.75, 3.05) is 25.0 Å². The number of benzene rings is 1. The van der Waals surface area contributed by atoms with Crippen LogP contribution in [0.1, 0.15) is 36.3 Å². The highest BCUT2D eigenvalue weighted by atomic mass is 32.1. The fourth-order valence-corrected chi connectivity index (χ4v) is 5.71. The van der Waals surface area contributed by atoms with E-state index < -0.39 is 43.7 Å². The van der Waals surface area contributed by atoms with Crippen LogP contribution in [0.3, 0.4) is 0 Å². The van der Waals surface area contributed by atoms with Crippen LogP contribution in [0.4, 0.5) is 23.8 Å². The van der Waals surface area contributed by atoms with Crippen molar-refractivity contribution in [3.63, 3.8) is 0 Å². The van der Waals surface area contributed by atoms with Crippen LogP contribution in [0.15, 0.2) is 51.8 Å². The number of urea groups is 1. The van der Waals surface area contributed by atoms with E-state index in [9.17, 15) is 32.3 Å². The number of nitrogens with two attached hydrogens (primary N) is 1. The number of carbonyl (C=O) groups excluding carboxylic acids is 3. The molecule has 0 saturated heterocycles. The number of nitrogens with zero attached hydrogens (tertiary/aromatic N) is 4. The Kier molecular flexibility index (Phi) is 12.1. The van der Waals surface area contributed by atoms with Gasteiger partial charge in [0.1, 0.15) is 22.2 Å². The molecular weight excluding hydrogens is 692 g/mol. The van der Waals surface area contributed by atoms with Crippen molar-refractivity contribution < 1.29 is 41.9 Å². The number of nitrogens with one attached hydrogen (secondary N) is 3. The number of amidine groups is 1. The molecule has 0 atom stereocenters. The van der Waals surface area contributed by atoms with E-state index in [1.807, 2.05) is 0 Å². The standard InChI is InChI=1S/C29H30F3N8O7PS/c1-3-34-28(44)39-24-10-18(27-38-22(14-49-27)29(30,31)32)19(11-36-24)16-5-6-17-21(9-16)40(13-23(33)37-15(2)41)12-20(25(17)42)26(43)35-7-4-8-47-48(45)46/h5-6,9-12,14,45-46H,3-4,7-8,13H2,1-2H3,(H,35,43)(H2,33,37,41)(H2,34,36,39,44). The smallest absolute Gasteiger partial charge is 0.386 e. The van der Waals surface area contributed by atoms with Crippen molar-refractivity contribution in [3.8, 4) is 21.7 Å². The van der Waals surface area contributed by atoms with Gasteiger partial charge in [0.05, 0.1) is 18.7 Å². The average molecular weight is 723 g/mol. The van der Waals surface area contributed by atoms with E-state index >= 15 is 0 Å². The highest BCUT2D eigenvalue weighted by molar-refractivity contribution is 7.39. The third kappa shape index (κ3) is 9.64. The number of aromatic nitrogens is 3. The lowest BCUT2D eigenvalue weighted by Gasteiger charge is -2.16. The summed E-state index contributed by atoms with van der Waals surface area (Å²) in [6, 6.07) is 5.26. The minimum absolute atomic E-state index is 0.0222. The van der Waals surface area contributed by atoms with Gasteiger partial charge in [-0.3, -0.25) is 19.7 Å². The van der Waals surface area contributed by atoms with Gasteiger partial charge in [-0.25, -0.2) is 14.8 Å². The Balaban J connectivity index is 1.84. The maximum Gasteiger partial charge on any atom is 0.434 e. The van der Waals surface area contributed by atoms with E-state index in [0.717, 1.165) is 16.7 Å². The Morgan fingerprint density at radius 3 is 2.57 bits per heavy atom. The molecule has 0 aliphatic rings. The molecule has 3 heterocycles. The van der Waals surface area contributed by atoms with Crippen LogP contribution in [0.25, 0.3) is 32.6 Å². The first kappa shape index (κ1) is 37.0. The van der Waals surface area contributed by atoms with Gasteiger partial charge in [0.25, 0.3) is 5.91 Å². The van der Waals surface area contributed by atoms with Crippen molar-refractivity contribution in [3.05, 3.63) is 63.5 Å². The molecule has 0 unspecified atom stereocenters. The van der Waals surface area contributed by atoms with Crippen molar-refractivity contribution >= 4 is 60.3 Å². The van der Waals surface area contributed by atoms with Crippen LogP contribution in [0.5, 0.6) is 0 Å². The van der Waals surface area contributed by atoms with Gasteiger partial charge in [-0.15, -0.1) is 11.3 Å². The predicted octanol–water partition coefficient (Wildman–Crippen LogP) is 3.60. The number of carbonyl (C=O) groups is 3. The number of hydrogen-bond acceptors (Lipinski definition) is 10. The van der Waals surface area contributed by atoms with Gasteiger partial charge in [-0.1, -0.05) is 6.07 Å². The number of rotatable bonds is 12. The minimum atomic E-state index is -4.70. The molecule has 4 rings (SSSR count). The number of hydrogen-bond donors (Lipinski definition) is 6. The Morgan fingerprint density at radius 2 is 1.92 bits per heavy atom. The number of aliphatic imine (C=N–C) groups is 1. The van der Waals surface area contributed by atoms with Gasteiger partial charge < -0.3 is 35.2 Å². The zero-order chi connectivity index (χ0) is 35.9. The molecule has 4 aromatic rings. The second-order valence-corrected chi connectivity index (χ2v) is 11.8. The van der Waals surface area contributed by atoms with Crippen LogP contribution >= 0.6 is 19.9 Å². The van der Waals surface area contributed by atoms with Crippen molar-refractivity contribution in [1.82, 2.24) is 25.2 Å². The number of anilines is 1. The van der Waals surface area contributed by atoms with Crippen LogP contribution in [-0.4, -0.2) is 67.7 Å². The first-order valence-electron chi connectivity index (χ1n) is 14.4. The Morgan fingerprint density at radius 1 is 1.16 bits per heavy atom. The lowest BCUT2D eigenvalue weighted by molar-refractivity contribution is -0.140. The molecule has 0 bridgehead atoms. The van der Waals surface area contributed by atoms with Crippen LogP contribution < -0.4 is 27.1 Å². The molecule has 4 amide bonds. The normalized spacial score (nSPS) is 12.0. The molecule has 49 heavy (non-hydrogen) atoms. The monoisotopic (exact) mass is 722 g/mol. The fraction of sp³-hybridized carbons (Fsp3) is 0.276. The lowest BCUT2D eigenvalue weighted by Crippen LogP contribution is -2.32. The highest BCUT2D eigenvalue weighted by Crippen LogP contribution is 2.39. The topological polar surface area (TPSA) is 223 Å². The zero-order valence-corrected chi connectivity index (χ0v) is 27.6. The number of amides is 4. The maximum atomic E-state index is 13.5. The maximum absolute atomic E-state index is 13.5. The van der Waals surface area contributed by atoms with Crippen molar-refractivity contribution in [2.45, 2.75) is 33.0 Å². The molecule has 0 fully saturated rings. The Bertz CT molecular complexity index is 1970. The molecule has 15 nitrogen and oxygen atoms in total. The minimum Gasteiger partial charge on any atom is -0.386 e. The lowest BCUT2D eigenvalue weighted by atomic mass is 9.99. The summed E-state index contributed by atoms with van der Waals surface area (Å²) >= 11 is 0.733. The van der Waals surface area contributed by atoms with Gasteiger partial charge >= 0.3 is 20.8 Å². The predicted molar refractivity (Wildman–Crippen MR) is 177 cm³/mol. The molecule has 260 valence electrons. The summed E-state index contributed by atoms with van der Waals surface area (Å²) in [5.74, 6) is -1.43. The Labute approximate surface area is 281 Å². The van der Waals surface area contributed by atoms with Crippen molar-refractivity contribution in [2.24, 2.45) is 10.7 Å². The number of thiazole rings is 1. The molecule has 0 spiro atoms. The number of halogens is 3. The molecule has 3 aromatic heterocycles. The van der Waals surface area contributed by atoms with E-state index in [1.165, 1.54) is 48.1 Å². The third-order valence-electron chi connectivity index (χ3n) is 6.59. The highest BCUT2D eigenvalue weighted by Gasteiger charge is 2.34. The van der Waals surface area contributed by atoms with E-state index in [-0.39, 0.29) is 64.8 Å². The third-order valence-corrected chi connectivity index (χ3v) is 7.88. The first-order valence-corrected chi connectivity index (χ1v) is 16.4. The molecule has 1 aromatic carbocycles. The first-order chi connectivity index (χ1) is 23.2. The van der Waals surface area contributed by atoms with E-state index in [2.05, 4.69) is 35.4 Å². The van der Waals surface area contributed by atoms with Gasteiger partial charge in [0, 0.05) is 54.3 Å². The van der Waals surface area contributed by atoms with Gasteiger partial charge in [-0.2, -0.15) is 18.2 Å². The van der Waals surface area contributed by atoms with E-state index in [0.29, 0.717) is 17.7 Å². The number of alkyl halides is 3. The zero-order valence-electron chi connectivity index (χ0n) is 25.9. The second-order valence-electron chi connectivity index (χ2n) is 10.2. The Hall–Kier alpha value is -4.81. The second kappa shape index (κ2) is 16.1. The van der Waals surface area contributed by atoms with Crippen LogP contribution in [-0.2, 0) is 22.0 Å². The summed E-state index contributed by atoms with van der Waals surface area (Å²) in [5.41, 5.74) is 5.07. The summed E-state index contributed by atoms with van der Waals surface area (Å²) in [5, 5.41) is 8.53. The summed E-state index contributed by atoms with van der Waals surface area (Å²) in [4.78, 5) is 79.8. The molecule has 0 aliphatic heterocycles. The quantitative estimate of drug-likeness (QED) is 0.0540. The molecule has 0 aliphatic carbocycles. The van der Waals surface area contributed by atoms with Crippen LogP contribution in [0.2, 0.25) is 0 Å². The molecular formula is C29H30F3N8O7PS. The summed E-state index contributed by atoms with van der Waals surface area (Å²) in [6.45, 7) is 2.96.